The summed E-state index contributed by atoms with van der Waals surface area (Å²) in [4.78, 5) is 2.52. The molecule has 6 aromatic rings. The first-order valence-electron chi connectivity index (χ1n) is 19.8. The molecule has 4 aliphatic rings. The third-order valence-electron chi connectivity index (χ3n) is 13.7. The van der Waals surface area contributed by atoms with E-state index in [0.717, 1.165) is 5.92 Å². The predicted octanol–water partition coefficient (Wildman–Crippen LogP) is 14.2. The van der Waals surface area contributed by atoms with Crippen LogP contribution in [0.3, 0.4) is 0 Å². The zero-order valence-corrected chi connectivity index (χ0v) is 30.3. The normalized spacial score (nSPS) is 21.9. The second-order valence-electron chi connectivity index (χ2n) is 16.8. The second-order valence-corrected chi connectivity index (χ2v) is 16.8. The predicted molar refractivity (Wildman–Crippen MR) is 216 cm³/mol. The molecule has 2 bridgehead atoms. The molecule has 0 aliphatic heterocycles. The van der Waals surface area contributed by atoms with E-state index in [1.165, 1.54) is 131 Å². The van der Waals surface area contributed by atoms with Gasteiger partial charge in [0.05, 0.1) is 0 Å². The Kier molecular flexibility index (Phi) is 7.31. The molecule has 1 heteroatoms. The molecule has 4 aliphatic carbocycles. The van der Waals surface area contributed by atoms with Crippen molar-refractivity contribution in [2.45, 2.75) is 94.8 Å². The highest BCUT2D eigenvalue weighted by atomic mass is 15.1. The number of nitrogens with zero attached hydrogens (tertiary/aromatic N) is 1. The first-order chi connectivity index (χ1) is 25.0. The summed E-state index contributed by atoms with van der Waals surface area (Å²) in [6, 6.07) is 49.2. The fourth-order valence-corrected chi connectivity index (χ4v) is 10.9. The van der Waals surface area contributed by atoms with Crippen molar-refractivity contribution in [3.63, 3.8) is 0 Å². The lowest BCUT2D eigenvalue weighted by Crippen LogP contribution is -2.20. The molecule has 1 nitrogen and oxygen atoms in total. The largest absolute Gasteiger partial charge is 0.310 e. The summed E-state index contributed by atoms with van der Waals surface area (Å²) < 4.78 is 0. The van der Waals surface area contributed by atoms with Gasteiger partial charge < -0.3 is 4.90 Å². The molecule has 10 rings (SSSR count). The van der Waals surface area contributed by atoms with E-state index in [4.69, 9.17) is 0 Å². The average Bonchev–Trinajstić information content (AvgIpc) is 3.87. The van der Waals surface area contributed by atoms with Crippen LogP contribution in [-0.4, -0.2) is 0 Å². The Morgan fingerprint density at radius 2 is 1.22 bits per heavy atom. The molecule has 0 heterocycles. The molecular weight excluding hydrogens is 615 g/mol. The second kappa shape index (κ2) is 12.0. The molecule has 3 fully saturated rings. The van der Waals surface area contributed by atoms with Crippen LogP contribution in [0.2, 0.25) is 0 Å². The Balaban J connectivity index is 1.09. The molecule has 0 spiro atoms. The third-order valence-corrected chi connectivity index (χ3v) is 13.7. The zero-order chi connectivity index (χ0) is 34.2. The maximum absolute atomic E-state index is 2.52. The Bertz CT molecular complexity index is 2240. The van der Waals surface area contributed by atoms with Gasteiger partial charge in [-0.15, -0.1) is 0 Å². The Morgan fingerprint density at radius 1 is 0.549 bits per heavy atom. The van der Waals surface area contributed by atoms with Gasteiger partial charge in [0, 0.05) is 22.5 Å². The van der Waals surface area contributed by atoms with E-state index >= 15 is 0 Å². The monoisotopic (exact) mass is 663 g/mol. The van der Waals surface area contributed by atoms with Crippen LogP contribution in [0.4, 0.5) is 17.1 Å². The van der Waals surface area contributed by atoms with E-state index in [9.17, 15) is 0 Å². The van der Waals surface area contributed by atoms with Crippen molar-refractivity contribution in [3.8, 4) is 22.3 Å². The Labute approximate surface area is 304 Å². The van der Waals surface area contributed by atoms with Crippen molar-refractivity contribution in [2.24, 2.45) is 5.92 Å². The van der Waals surface area contributed by atoms with Crippen LogP contribution in [0.25, 0.3) is 33.0 Å². The van der Waals surface area contributed by atoms with E-state index in [-0.39, 0.29) is 5.41 Å². The summed E-state index contributed by atoms with van der Waals surface area (Å²) >= 11 is 0. The van der Waals surface area contributed by atoms with Gasteiger partial charge in [0.25, 0.3) is 0 Å². The van der Waals surface area contributed by atoms with Gasteiger partial charge in [0.2, 0.25) is 0 Å². The molecule has 51 heavy (non-hydrogen) atoms. The van der Waals surface area contributed by atoms with Gasteiger partial charge in [-0.25, -0.2) is 0 Å². The Hall–Kier alpha value is -4.62. The maximum Gasteiger partial charge on any atom is 0.0465 e. The van der Waals surface area contributed by atoms with Crippen LogP contribution in [0.15, 0.2) is 127 Å². The summed E-state index contributed by atoms with van der Waals surface area (Å²) in [7, 11) is 0. The SMILES string of the molecule is CC1(C)c2cc(N(c3ccc(C4CCCCC4)cc3)c3ccc(C45CCC(CC4)C5)cc3)ccc2-c2c(-c3cccc4ccccc34)cccc21. The van der Waals surface area contributed by atoms with Crippen LogP contribution < -0.4 is 4.90 Å². The van der Waals surface area contributed by atoms with Crippen molar-refractivity contribution in [1.82, 2.24) is 0 Å². The third kappa shape index (κ3) is 5.02. The molecular formula is C50H49N. The number of fused-ring (bicyclic) bond motifs is 6. The Morgan fingerprint density at radius 3 is 1.96 bits per heavy atom. The fourth-order valence-electron chi connectivity index (χ4n) is 10.9. The van der Waals surface area contributed by atoms with E-state index in [2.05, 4.69) is 146 Å². The standard InChI is InChI=1S/C50H49N/c1-49(2)46-17-9-16-44(43-15-8-13-37-12-6-7-14-42(37)43)48(46)45-27-26-41(32-47(45)49)51(39-22-18-36(19-23-39)35-10-4-3-5-11-35)40-24-20-38(21-25-40)50-30-28-34(33-50)29-31-50/h6-9,12-27,32,34-35H,3-5,10-11,28-31,33H2,1-2H3. The molecule has 0 amide bonds. The summed E-state index contributed by atoms with van der Waals surface area (Å²) in [5, 5.41) is 2.60. The quantitative estimate of drug-likeness (QED) is 0.171. The number of rotatable bonds is 6. The molecule has 0 saturated heterocycles. The van der Waals surface area contributed by atoms with Crippen molar-refractivity contribution >= 4 is 27.8 Å². The molecule has 3 saturated carbocycles. The van der Waals surface area contributed by atoms with Gasteiger partial charge in [-0.3, -0.25) is 0 Å². The minimum Gasteiger partial charge on any atom is -0.310 e. The van der Waals surface area contributed by atoms with Crippen LogP contribution in [-0.2, 0) is 10.8 Å². The van der Waals surface area contributed by atoms with Crippen molar-refractivity contribution in [2.75, 3.05) is 4.90 Å². The van der Waals surface area contributed by atoms with Crippen LogP contribution in [0, 0.1) is 5.92 Å². The number of benzene rings is 6. The van der Waals surface area contributed by atoms with Gasteiger partial charge >= 0.3 is 0 Å². The molecule has 0 atom stereocenters. The van der Waals surface area contributed by atoms with E-state index in [1.54, 1.807) is 5.56 Å². The maximum atomic E-state index is 2.52. The van der Waals surface area contributed by atoms with Crippen LogP contribution in [0.5, 0.6) is 0 Å². The highest BCUT2D eigenvalue weighted by Gasteiger charge is 2.45. The van der Waals surface area contributed by atoms with Crippen LogP contribution >= 0.6 is 0 Å². The zero-order valence-electron chi connectivity index (χ0n) is 30.3. The summed E-state index contributed by atoms with van der Waals surface area (Å²) in [5.41, 5.74) is 15.3. The average molecular weight is 664 g/mol. The minimum atomic E-state index is -0.123. The van der Waals surface area contributed by atoms with Crippen molar-refractivity contribution < 1.29 is 0 Å². The number of anilines is 3. The van der Waals surface area contributed by atoms with Gasteiger partial charge in [-0.2, -0.15) is 0 Å². The molecule has 0 N–H and O–H groups in total. The van der Waals surface area contributed by atoms with Gasteiger partial charge in [0.15, 0.2) is 0 Å². The first-order valence-corrected chi connectivity index (χ1v) is 19.8. The molecule has 254 valence electrons. The smallest absolute Gasteiger partial charge is 0.0465 e. The summed E-state index contributed by atoms with van der Waals surface area (Å²) in [6.45, 7) is 4.84. The molecule has 0 unspecified atom stereocenters. The lowest BCUT2D eigenvalue weighted by Gasteiger charge is -2.30. The van der Waals surface area contributed by atoms with Gasteiger partial charge in [0.1, 0.15) is 0 Å². The number of hydrogen-bond acceptors (Lipinski definition) is 1. The van der Waals surface area contributed by atoms with E-state index in [1.807, 2.05) is 0 Å². The molecule has 0 aromatic heterocycles. The highest BCUT2D eigenvalue weighted by Crippen LogP contribution is 2.56. The lowest BCUT2D eigenvalue weighted by molar-refractivity contribution is 0.419. The van der Waals surface area contributed by atoms with Gasteiger partial charge in [-0.1, -0.05) is 124 Å². The first kappa shape index (κ1) is 31.1. The van der Waals surface area contributed by atoms with E-state index in [0.29, 0.717) is 11.3 Å². The fraction of sp³-hybridized carbons (Fsp3) is 0.320. The van der Waals surface area contributed by atoms with Crippen molar-refractivity contribution in [3.05, 3.63) is 150 Å². The molecule has 6 aromatic carbocycles. The van der Waals surface area contributed by atoms with E-state index < -0.39 is 0 Å². The minimum absolute atomic E-state index is 0.123. The highest BCUT2D eigenvalue weighted by molar-refractivity contribution is 6.03. The van der Waals surface area contributed by atoms with Crippen molar-refractivity contribution in [1.29, 1.82) is 0 Å². The molecule has 0 radical (unpaired) electrons. The summed E-state index contributed by atoms with van der Waals surface area (Å²) in [5.74, 6) is 1.65. The summed E-state index contributed by atoms with van der Waals surface area (Å²) in [6.07, 6.45) is 13.7. The number of hydrogen-bond donors (Lipinski definition) is 0. The topological polar surface area (TPSA) is 3.24 Å². The lowest BCUT2D eigenvalue weighted by atomic mass is 9.78. The van der Waals surface area contributed by atoms with Crippen LogP contribution in [0.1, 0.15) is 106 Å². The van der Waals surface area contributed by atoms with Gasteiger partial charge in [-0.05, 0) is 154 Å².